The maximum atomic E-state index is 15.0. The molecule has 38 heavy (non-hydrogen) atoms. The Bertz CT molecular complexity index is 1620. The molecular formula is C26H29FN8O3. The fourth-order valence-corrected chi connectivity index (χ4v) is 4.34. The van der Waals surface area contributed by atoms with Gasteiger partial charge in [0.05, 0.1) is 35.8 Å². The predicted molar refractivity (Wildman–Crippen MR) is 142 cm³/mol. The summed E-state index contributed by atoms with van der Waals surface area (Å²) in [6.07, 6.45) is 5.57. The smallest absolute Gasteiger partial charge is 0.323 e. The maximum absolute atomic E-state index is 15.0. The van der Waals surface area contributed by atoms with Crippen molar-refractivity contribution in [2.75, 3.05) is 50.1 Å². The number of morpholine rings is 1. The van der Waals surface area contributed by atoms with Gasteiger partial charge in [-0.05, 0) is 31.1 Å². The minimum absolute atomic E-state index is 0.278. The number of hydrogen-bond acceptors (Lipinski definition) is 8. The van der Waals surface area contributed by atoms with Crippen LogP contribution >= 0.6 is 0 Å². The largest absolute Gasteiger partial charge is 0.492 e. The summed E-state index contributed by atoms with van der Waals surface area (Å²) in [4.78, 5) is 23.9. The highest BCUT2D eigenvalue weighted by Gasteiger charge is 2.23. The van der Waals surface area contributed by atoms with Crippen molar-refractivity contribution >= 4 is 35.6 Å². The summed E-state index contributed by atoms with van der Waals surface area (Å²) >= 11 is 0. The first-order valence-electron chi connectivity index (χ1n) is 12.7. The van der Waals surface area contributed by atoms with E-state index in [-0.39, 0.29) is 11.4 Å². The predicted octanol–water partition coefficient (Wildman–Crippen LogP) is 1.15. The summed E-state index contributed by atoms with van der Waals surface area (Å²) in [5.74, 6) is 1.21. The number of ether oxygens (including phenoxy) is 2. The lowest BCUT2D eigenvalue weighted by Gasteiger charge is -2.26. The normalized spacial score (nSPS) is 16.7. The third kappa shape index (κ3) is 5.41. The number of nitrogens with zero attached hydrogens (tertiary/aromatic N) is 4. The average Bonchev–Trinajstić information content (AvgIpc) is 3.54. The molecule has 0 atom stereocenters. The monoisotopic (exact) mass is 520 g/mol. The number of hydrogen-bond donors (Lipinski definition) is 4. The molecular weight excluding hydrogens is 491 g/mol. The summed E-state index contributed by atoms with van der Waals surface area (Å²) in [5, 5.41) is 12.0. The molecule has 1 aliphatic carbocycles. The molecule has 0 amide bonds. The minimum atomic E-state index is -0.445. The second-order valence-corrected chi connectivity index (χ2v) is 9.47. The van der Waals surface area contributed by atoms with Gasteiger partial charge < -0.3 is 30.1 Å². The molecule has 12 heteroatoms. The Morgan fingerprint density at radius 2 is 2.08 bits per heavy atom. The third-order valence-electron chi connectivity index (χ3n) is 6.55. The van der Waals surface area contributed by atoms with Crippen molar-refractivity contribution in [2.24, 2.45) is 0 Å². The molecule has 1 saturated heterocycles. The fourth-order valence-electron chi connectivity index (χ4n) is 4.34. The van der Waals surface area contributed by atoms with Gasteiger partial charge in [0.1, 0.15) is 29.8 Å². The lowest BCUT2D eigenvalue weighted by molar-refractivity contribution is 0.0322. The molecule has 0 radical (unpaired) electrons. The highest BCUT2D eigenvalue weighted by atomic mass is 19.1. The molecule has 0 unspecified atom stereocenters. The number of halogens is 1. The van der Waals surface area contributed by atoms with Crippen LogP contribution in [0.1, 0.15) is 18.4 Å². The standard InChI is InChI=1S/C26H29FN8O3/c1-16-22(32-26(36)29-16)12-17-15-28-35-24(30-18-2-3-18)14-23(33-25(17)35)31-21-5-4-19(13-20(21)27)38-11-8-34-6-9-37-10-7-34/h4-5,12-15,18,30H,1-3,6-11H2,(H,31,33)(H2,29,32,36)/b22-12-. The van der Waals surface area contributed by atoms with Crippen molar-refractivity contribution in [3.8, 4) is 5.75 Å². The van der Waals surface area contributed by atoms with Gasteiger partial charge in [0, 0.05) is 43.4 Å². The number of aromatic nitrogens is 5. The van der Waals surface area contributed by atoms with Crippen LogP contribution in [0.4, 0.5) is 21.7 Å². The fraction of sp³-hybridized carbons (Fsp3) is 0.346. The van der Waals surface area contributed by atoms with Gasteiger partial charge in [-0.25, -0.2) is 14.2 Å². The second kappa shape index (κ2) is 10.3. The van der Waals surface area contributed by atoms with Crippen LogP contribution in [-0.2, 0) is 4.74 Å². The van der Waals surface area contributed by atoms with E-state index in [2.05, 4.69) is 37.2 Å². The van der Waals surface area contributed by atoms with E-state index in [4.69, 9.17) is 14.5 Å². The van der Waals surface area contributed by atoms with Gasteiger partial charge in [-0.3, -0.25) is 4.90 Å². The minimum Gasteiger partial charge on any atom is -0.492 e. The topological polar surface area (TPSA) is 125 Å². The van der Waals surface area contributed by atoms with Gasteiger partial charge in [0.25, 0.3) is 0 Å². The number of nitrogens with one attached hydrogen (secondary N) is 4. The molecule has 1 aliphatic heterocycles. The first-order chi connectivity index (χ1) is 18.5. The Morgan fingerprint density at radius 1 is 1.24 bits per heavy atom. The van der Waals surface area contributed by atoms with E-state index < -0.39 is 5.82 Å². The Morgan fingerprint density at radius 3 is 2.82 bits per heavy atom. The molecule has 2 fully saturated rings. The van der Waals surface area contributed by atoms with Crippen LogP contribution in [0.2, 0.25) is 0 Å². The highest BCUT2D eigenvalue weighted by molar-refractivity contribution is 5.71. The number of fused-ring (bicyclic) bond motifs is 1. The molecule has 4 heterocycles. The van der Waals surface area contributed by atoms with Crippen LogP contribution in [-0.4, -0.2) is 75.0 Å². The first kappa shape index (κ1) is 24.2. The van der Waals surface area contributed by atoms with E-state index in [0.29, 0.717) is 46.1 Å². The van der Waals surface area contributed by atoms with E-state index in [1.165, 1.54) is 6.07 Å². The van der Waals surface area contributed by atoms with Crippen LogP contribution in [0.5, 0.6) is 5.75 Å². The number of rotatable bonds is 9. The van der Waals surface area contributed by atoms with Crippen molar-refractivity contribution in [3.05, 3.63) is 63.0 Å². The van der Waals surface area contributed by atoms with Crippen LogP contribution < -0.4 is 31.8 Å². The Kier molecular flexibility index (Phi) is 6.56. The van der Waals surface area contributed by atoms with Gasteiger partial charge in [-0.1, -0.05) is 6.58 Å². The van der Waals surface area contributed by atoms with Crippen molar-refractivity contribution in [2.45, 2.75) is 18.9 Å². The summed E-state index contributed by atoms with van der Waals surface area (Å²) in [5.41, 5.74) is 1.16. The molecule has 2 aliphatic rings. The molecule has 198 valence electrons. The number of H-pyrrole nitrogens is 2. The molecule has 1 aromatic carbocycles. The van der Waals surface area contributed by atoms with Crippen LogP contribution in [0.25, 0.3) is 18.3 Å². The molecule has 0 spiro atoms. The number of anilines is 3. The number of aromatic amines is 2. The Labute approximate surface area is 217 Å². The maximum Gasteiger partial charge on any atom is 0.323 e. The first-order valence-corrected chi connectivity index (χ1v) is 12.7. The number of benzene rings is 1. The molecule has 1 saturated carbocycles. The van der Waals surface area contributed by atoms with E-state index in [9.17, 15) is 4.79 Å². The van der Waals surface area contributed by atoms with E-state index in [0.717, 1.165) is 51.5 Å². The Balaban J connectivity index is 1.24. The molecule has 4 N–H and O–H groups in total. The van der Waals surface area contributed by atoms with Gasteiger partial charge >= 0.3 is 5.69 Å². The molecule has 3 aromatic heterocycles. The van der Waals surface area contributed by atoms with Gasteiger partial charge in [-0.15, -0.1) is 0 Å². The average molecular weight is 521 g/mol. The van der Waals surface area contributed by atoms with Crippen molar-refractivity contribution in [1.29, 1.82) is 0 Å². The Hall–Kier alpha value is -4.16. The zero-order chi connectivity index (χ0) is 26.1. The van der Waals surface area contributed by atoms with E-state index in [1.54, 1.807) is 35.0 Å². The zero-order valence-corrected chi connectivity index (χ0v) is 20.8. The molecule has 0 bridgehead atoms. The van der Waals surface area contributed by atoms with Gasteiger partial charge in [0.15, 0.2) is 5.65 Å². The molecule has 11 nitrogen and oxygen atoms in total. The van der Waals surface area contributed by atoms with Crippen molar-refractivity contribution < 1.29 is 13.9 Å². The lowest BCUT2D eigenvalue weighted by Crippen LogP contribution is -2.38. The second-order valence-electron chi connectivity index (χ2n) is 9.47. The summed E-state index contributed by atoms with van der Waals surface area (Å²) in [7, 11) is 0. The lowest BCUT2D eigenvalue weighted by atomic mass is 10.2. The van der Waals surface area contributed by atoms with E-state index in [1.807, 2.05) is 0 Å². The van der Waals surface area contributed by atoms with Crippen molar-refractivity contribution in [1.82, 2.24) is 29.5 Å². The van der Waals surface area contributed by atoms with Crippen LogP contribution in [0.3, 0.4) is 0 Å². The van der Waals surface area contributed by atoms with Gasteiger partial charge in [-0.2, -0.15) is 9.61 Å². The molecule has 6 rings (SSSR count). The van der Waals surface area contributed by atoms with Crippen LogP contribution in [0, 0.1) is 5.82 Å². The highest BCUT2D eigenvalue weighted by Crippen LogP contribution is 2.29. The SMILES string of the molecule is C=c1[nH]c(=O)[nH]/c1=C\c1cnn2c(NC3CC3)cc(Nc3ccc(OCCN4CCOCC4)cc3F)nc12. The summed E-state index contributed by atoms with van der Waals surface area (Å²) in [6.45, 7) is 8.31. The van der Waals surface area contributed by atoms with Crippen LogP contribution in [0.15, 0.2) is 35.3 Å². The van der Waals surface area contributed by atoms with Crippen molar-refractivity contribution in [3.63, 3.8) is 0 Å². The summed E-state index contributed by atoms with van der Waals surface area (Å²) < 4.78 is 27.9. The summed E-state index contributed by atoms with van der Waals surface area (Å²) in [6, 6.07) is 6.92. The third-order valence-corrected chi connectivity index (χ3v) is 6.55. The molecule has 4 aromatic rings. The zero-order valence-electron chi connectivity index (χ0n) is 20.8. The van der Waals surface area contributed by atoms with Gasteiger partial charge in [0.2, 0.25) is 0 Å². The quantitative estimate of drug-likeness (QED) is 0.259. The number of imidazole rings is 1. The van der Waals surface area contributed by atoms with E-state index >= 15 is 4.39 Å².